The molecule has 0 saturated carbocycles. The maximum atomic E-state index is 13.0. The predicted octanol–water partition coefficient (Wildman–Crippen LogP) is 5.73. The van der Waals surface area contributed by atoms with E-state index in [2.05, 4.69) is 33.5 Å². The lowest BCUT2D eigenvalue weighted by Gasteiger charge is -2.22. The Morgan fingerprint density at radius 3 is 2.57 bits per heavy atom. The number of allylic oxidation sites excluding steroid dienone is 1. The van der Waals surface area contributed by atoms with Crippen molar-refractivity contribution < 1.29 is 9.53 Å². The van der Waals surface area contributed by atoms with Crippen LogP contribution >= 0.6 is 0 Å². The van der Waals surface area contributed by atoms with Crippen LogP contribution in [0.1, 0.15) is 58.4 Å². The van der Waals surface area contributed by atoms with Crippen LogP contribution < -0.4 is 15.5 Å². The molecule has 6 heteroatoms. The molecule has 0 bridgehead atoms. The van der Waals surface area contributed by atoms with Gasteiger partial charge in [-0.1, -0.05) is 63.9 Å². The van der Waals surface area contributed by atoms with E-state index in [4.69, 9.17) is 11.2 Å². The maximum Gasteiger partial charge on any atom is 0.276 e. The van der Waals surface area contributed by atoms with Crippen LogP contribution in [0.25, 0.3) is 0 Å². The standard InChI is InChI=1S/C27H34N4O2.C2H6/c1-4-21-12-9-18-31(19-17-21)25-16-14-23(20-29-25)30-27(32)26(28-5-2)24(33-3)15-13-22-10-7-6-8-11-22;1-2/h2,6-8,10-11,14,16,20-21,28H,4,9,12-13,15,17-19H2,1,3H3,(H,30,32);1-2H3/b26-24-;. The molecular weight excluding hydrogens is 436 g/mol. The number of pyridine rings is 1. The van der Waals surface area contributed by atoms with E-state index in [-0.39, 0.29) is 11.6 Å². The van der Waals surface area contributed by atoms with Crippen molar-refractivity contribution >= 4 is 17.4 Å². The lowest BCUT2D eigenvalue weighted by Crippen LogP contribution is -2.26. The third kappa shape index (κ3) is 8.68. The number of nitrogens with zero attached hydrogens (tertiary/aromatic N) is 2. The quantitative estimate of drug-likeness (QED) is 0.209. The summed E-state index contributed by atoms with van der Waals surface area (Å²) >= 11 is 0. The van der Waals surface area contributed by atoms with Crippen molar-refractivity contribution in [2.75, 3.05) is 30.4 Å². The van der Waals surface area contributed by atoms with Gasteiger partial charge < -0.3 is 20.3 Å². The van der Waals surface area contributed by atoms with Gasteiger partial charge in [-0.2, -0.15) is 0 Å². The number of terminal acetylenes is 1. The summed E-state index contributed by atoms with van der Waals surface area (Å²) in [5.41, 5.74) is 2.00. The highest BCUT2D eigenvalue weighted by Gasteiger charge is 2.19. The number of rotatable bonds is 9. The van der Waals surface area contributed by atoms with Gasteiger partial charge in [-0.15, -0.1) is 0 Å². The van der Waals surface area contributed by atoms with Crippen LogP contribution in [0.4, 0.5) is 11.5 Å². The van der Waals surface area contributed by atoms with E-state index in [1.165, 1.54) is 25.7 Å². The van der Waals surface area contributed by atoms with Crippen molar-refractivity contribution in [3.8, 4) is 12.5 Å². The number of methoxy groups -OCH3 is 1. The van der Waals surface area contributed by atoms with Crippen LogP contribution in [-0.4, -0.2) is 31.1 Å². The van der Waals surface area contributed by atoms with E-state index in [0.717, 1.165) is 36.8 Å². The van der Waals surface area contributed by atoms with Gasteiger partial charge in [-0.3, -0.25) is 4.79 Å². The summed E-state index contributed by atoms with van der Waals surface area (Å²) in [5, 5.41) is 5.59. The molecule has 1 aromatic heterocycles. The lowest BCUT2D eigenvalue weighted by molar-refractivity contribution is -0.113. The molecule has 2 heterocycles. The van der Waals surface area contributed by atoms with Crippen molar-refractivity contribution in [1.82, 2.24) is 10.3 Å². The number of nitrogens with one attached hydrogen (secondary N) is 2. The van der Waals surface area contributed by atoms with Crippen LogP contribution in [0.3, 0.4) is 0 Å². The Bertz CT molecular complexity index is 964. The normalized spacial score (nSPS) is 16.0. The first-order chi connectivity index (χ1) is 17.1. The summed E-state index contributed by atoms with van der Waals surface area (Å²) in [6.07, 6.45) is 13.3. The zero-order valence-electron chi connectivity index (χ0n) is 21.6. The molecule has 1 aromatic carbocycles. The molecular formula is C29H40N4O2. The van der Waals surface area contributed by atoms with E-state index >= 15 is 0 Å². The average molecular weight is 477 g/mol. The van der Waals surface area contributed by atoms with Crippen molar-refractivity contribution in [2.45, 2.75) is 59.3 Å². The number of amides is 1. The van der Waals surface area contributed by atoms with E-state index in [0.29, 0.717) is 17.9 Å². The Kier molecular flexibility index (Phi) is 12.3. The molecule has 3 rings (SSSR count). The number of anilines is 2. The third-order valence-electron chi connectivity index (χ3n) is 6.19. The molecule has 1 aliphatic heterocycles. The highest BCUT2D eigenvalue weighted by atomic mass is 16.5. The monoisotopic (exact) mass is 476 g/mol. The number of aryl methyl sites for hydroxylation is 1. The highest BCUT2D eigenvalue weighted by molar-refractivity contribution is 6.03. The largest absolute Gasteiger partial charge is 0.499 e. The summed E-state index contributed by atoms with van der Waals surface area (Å²) in [5.74, 6) is 1.91. The van der Waals surface area contributed by atoms with Gasteiger partial charge in [0.15, 0.2) is 0 Å². The number of ether oxygens (including phenoxy) is 1. The fourth-order valence-electron chi connectivity index (χ4n) is 4.20. The molecule has 1 saturated heterocycles. The Balaban J connectivity index is 0.00000210. The predicted molar refractivity (Wildman–Crippen MR) is 145 cm³/mol. The topological polar surface area (TPSA) is 66.5 Å². The molecule has 1 unspecified atom stereocenters. The van der Waals surface area contributed by atoms with Gasteiger partial charge in [0.05, 0.1) is 19.0 Å². The van der Waals surface area contributed by atoms with Crippen LogP contribution in [-0.2, 0) is 16.0 Å². The summed E-state index contributed by atoms with van der Waals surface area (Å²) in [4.78, 5) is 19.9. The van der Waals surface area contributed by atoms with Crippen LogP contribution in [0, 0.1) is 18.4 Å². The van der Waals surface area contributed by atoms with Gasteiger partial charge in [-0.05, 0) is 49.3 Å². The minimum absolute atomic E-state index is 0.234. The van der Waals surface area contributed by atoms with Crippen LogP contribution in [0.15, 0.2) is 60.1 Å². The number of carbonyl (C=O) groups is 1. The molecule has 0 aliphatic carbocycles. The van der Waals surface area contributed by atoms with E-state index in [1.807, 2.05) is 56.3 Å². The van der Waals surface area contributed by atoms with Crippen molar-refractivity contribution in [3.05, 3.63) is 65.7 Å². The minimum Gasteiger partial charge on any atom is -0.499 e. The molecule has 188 valence electrons. The van der Waals surface area contributed by atoms with Gasteiger partial charge in [-0.25, -0.2) is 4.98 Å². The first kappa shape index (κ1) is 27.8. The Morgan fingerprint density at radius 2 is 1.94 bits per heavy atom. The average Bonchev–Trinajstić information content (AvgIpc) is 3.16. The summed E-state index contributed by atoms with van der Waals surface area (Å²) in [6, 6.07) is 16.2. The Hall–Kier alpha value is -3.46. The van der Waals surface area contributed by atoms with E-state index in [9.17, 15) is 4.79 Å². The summed E-state index contributed by atoms with van der Waals surface area (Å²) in [7, 11) is 1.55. The van der Waals surface area contributed by atoms with Gasteiger partial charge in [0.25, 0.3) is 5.91 Å². The second-order valence-corrected chi connectivity index (χ2v) is 8.31. The maximum absolute atomic E-state index is 13.0. The molecule has 35 heavy (non-hydrogen) atoms. The zero-order chi connectivity index (χ0) is 25.5. The highest BCUT2D eigenvalue weighted by Crippen LogP contribution is 2.24. The van der Waals surface area contributed by atoms with Crippen molar-refractivity contribution in [1.29, 1.82) is 0 Å². The molecule has 1 aliphatic rings. The van der Waals surface area contributed by atoms with Gasteiger partial charge in [0, 0.05) is 25.6 Å². The first-order valence-corrected chi connectivity index (χ1v) is 12.7. The molecule has 0 spiro atoms. The number of hydrogen-bond donors (Lipinski definition) is 2. The van der Waals surface area contributed by atoms with E-state index in [1.54, 1.807) is 13.3 Å². The molecule has 1 atom stereocenters. The smallest absolute Gasteiger partial charge is 0.276 e. The molecule has 1 fully saturated rings. The van der Waals surface area contributed by atoms with Gasteiger partial charge in [0.2, 0.25) is 0 Å². The van der Waals surface area contributed by atoms with Crippen LogP contribution in [0.5, 0.6) is 0 Å². The summed E-state index contributed by atoms with van der Waals surface area (Å²) < 4.78 is 5.51. The molecule has 2 N–H and O–H groups in total. The van der Waals surface area contributed by atoms with E-state index < -0.39 is 0 Å². The van der Waals surface area contributed by atoms with Crippen molar-refractivity contribution in [2.24, 2.45) is 5.92 Å². The fraction of sp³-hybridized carbons (Fsp3) is 0.448. The number of benzene rings is 1. The molecule has 0 radical (unpaired) electrons. The number of hydrogen-bond acceptors (Lipinski definition) is 5. The minimum atomic E-state index is -0.354. The summed E-state index contributed by atoms with van der Waals surface area (Å²) in [6.45, 7) is 8.31. The number of carbonyl (C=O) groups excluding carboxylic acids is 1. The lowest BCUT2D eigenvalue weighted by atomic mass is 9.98. The number of aromatic nitrogens is 1. The fourth-order valence-corrected chi connectivity index (χ4v) is 4.20. The van der Waals surface area contributed by atoms with Crippen molar-refractivity contribution in [3.63, 3.8) is 0 Å². The van der Waals surface area contributed by atoms with Gasteiger partial charge >= 0.3 is 0 Å². The zero-order valence-corrected chi connectivity index (χ0v) is 21.6. The van der Waals surface area contributed by atoms with Gasteiger partial charge in [0.1, 0.15) is 17.3 Å². The second kappa shape index (κ2) is 15.4. The molecule has 6 nitrogen and oxygen atoms in total. The molecule has 1 amide bonds. The first-order valence-electron chi connectivity index (χ1n) is 12.7. The third-order valence-corrected chi connectivity index (χ3v) is 6.19. The Morgan fingerprint density at radius 1 is 1.17 bits per heavy atom. The second-order valence-electron chi connectivity index (χ2n) is 8.31. The molecule has 2 aromatic rings. The van der Waals surface area contributed by atoms with Crippen LogP contribution in [0.2, 0.25) is 0 Å². The Labute approximate surface area is 211 Å². The SMILES string of the molecule is C#CN/C(C(=O)Nc1ccc(N2CCCC(CC)CC2)nc1)=C(/CCc1ccccc1)OC.CC.